The van der Waals surface area contributed by atoms with Gasteiger partial charge in [0.15, 0.2) is 0 Å². The van der Waals surface area contributed by atoms with Crippen molar-refractivity contribution in [1.82, 2.24) is 10.2 Å². The lowest BCUT2D eigenvalue weighted by molar-refractivity contribution is -0.157. The number of benzene rings is 1. The molecule has 0 N–H and O–H groups in total. The molecule has 156 valence electrons. The quantitative estimate of drug-likeness (QED) is 0.695. The van der Waals surface area contributed by atoms with Gasteiger partial charge in [-0.1, -0.05) is 12.1 Å². The number of aromatic nitrogens is 2. The average molecular weight is 421 g/mol. The molecule has 2 heterocycles. The molecule has 0 spiro atoms. The summed E-state index contributed by atoms with van der Waals surface area (Å²) < 4.78 is 52.5. The summed E-state index contributed by atoms with van der Waals surface area (Å²) in [7, 11) is 2.31. The van der Waals surface area contributed by atoms with Gasteiger partial charge in [0.25, 0.3) is 0 Å². The Hall–Kier alpha value is -3.89. The lowest BCUT2D eigenvalue weighted by atomic mass is 10.1. The molecule has 8 nitrogen and oxygen atoms in total. The van der Waals surface area contributed by atoms with Gasteiger partial charge in [0.2, 0.25) is 5.89 Å². The van der Waals surface area contributed by atoms with Crippen molar-refractivity contribution in [3.05, 3.63) is 65.9 Å². The highest BCUT2D eigenvalue weighted by molar-refractivity contribution is 6.05. The van der Waals surface area contributed by atoms with E-state index in [4.69, 9.17) is 13.9 Å². The summed E-state index contributed by atoms with van der Waals surface area (Å²) in [5.74, 6) is -3.44. The van der Waals surface area contributed by atoms with Crippen LogP contribution in [0.3, 0.4) is 0 Å². The van der Waals surface area contributed by atoms with Crippen LogP contribution in [0.15, 0.2) is 64.4 Å². The molecule has 0 saturated heterocycles. The normalized spacial score (nSPS) is 14.0. The Morgan fingerprint density at radius 3 is 2.43 bits per heavy atom. The maximum atomic E-state index is 12.7. The van der Waals surface area contributed by atoms with Gasteiger partial charge < -0.3 is 18.8 Å². The van der Waals surface area contributed by atoms with Crippen LogP contribution < -0.4 is 4.90 Å². The number of anilines is 1. The van der Waals surface area contributed by atoms with Crippen LogP contribution in [0.25, 0.3) is 11.5 Å². The zero-order chi connectivity index (χ0) is 21.9. The first-order valence-corrected chi connectivity index (χ1v) is 8.32. The van der Waals surface area contributed by atoms with Crippen LogP contribution in [-0.2, 0) is 25.2 Å². The predicted octanol–water partition coefficient (Wildman–Crippen LogP) is 3.25. The van der Waals surface area contributed by atoms with E-state index in [-0.39, 0.29) is 22.7 Å². The predicted molar refractivity (Wildman–Crippen MR) is 96.6 cm³/mol. The molecule has 1 aliphatic rings. The van der Waals surface area contributed by atoms with Crippen molar-refractivity contribution in [2.75, 3.05) is 19.1 Å². The minimum absolute atomic E-state index is 0.0723. The summed E-state index contributed by atoms with van der Waals surface area (Å²) >= 11 is 0. The van der Waals surface area contributed by atoms with E-state index < -0.39 is 24.0 Å². The smallest absolute Gasteiger partial charge is 0.465 e. The van der Waals surface area contributed by atoms with Gasteiger partial charge in [-0.15, -0.1) is 10.2 Å². The minimum atomic E-state index is -4.78. The van der Waals surface area contributed by atoms with Crippen LogP contribution in [0.4, 0.5) is 18.9 Å². The number of carbonyl (C=O) groups excluding carboxylic acids is 2. The third-order valence-corrected chi connectivity index (χ3v) is 3.93. The van der Waals surface area contributed by atoms with Crippen molar-refractivity contribution in [3.63, 3.8) is 0 Å². The summed E-state index contributed by atoms with van der Waals surface area (Å²) in [6, 6.07) is 5.96. The molecule has 3 rings (SSSR count). The average Bonchev–Trinajstić information content (AvgIpc) is 3.14. The van der Waals surface area contributed by atoms with Gasteiger partial charge in [-0.3, -0.25) is 0 Å². The van der Waals surface area contributed by atoms with Gasteiger partial charge in [0.1, 0.15) is 5.70 Å². The van der Waals surface area contributed by atoms with Crippen molar-refractivity contribution >= 4 is 17.6 Å². The molecule has 0 saturated carbocycles. The maximum Gasteiger partial charge on any atom is 0.470 e. The van der Waals surface area contributed by atoms with Crippen molar-refractivity contribution in [2.45, 2.75) is 6.18 Å². The number of methoxy groups -OCH3 is 2. The Balaban J connectivity index is 2.10. The molecule has 0 atom stereocenters. The van der Waals surface area contributed by atoms with Crippen LogP contribution in [0.2, 0.25) is 0 Å². The van der Waals surface area contributed by atoms with E-state index >= 15 is 0 Å². The molecule has 11 heteroatoms. The zero-order valence-electron chi connectivity index (χ0n) is 15.6. The zero-order valence-corrected chi connectivity index (χ0v) is 15.6. The SMILES string of the molecule is COC(=O)C1=C(C(=O)OC)N(c2cccc(-c3nnc(C(F)(F)F)o3)c2)C=CC=C1. The van der Waals surface area contributed by atoms with E-state index in [9.17, 15) is 22.8 Å². The number of rotatable bonds is 4. The summed E-state index contributed by atoms with van der Waals surface area (Å²) in [6.07, 6.45) is 1.16. The Labute approximate surface area is 167 Å². The van der Waals surface area contributed by atoms with E-state index in [1.165, 1.54) is 41.5 Å². The van der Waals surface area contributed by atoms with E-state index in [0.29, 0.717) is 5.69 Å². The van der Waals surface area contributed by atoms with E-state index in [0.717, 1.165) is 14.2 Å². The highest BCUT2D eigenvalue weighted by Crippen LogP contribution is 2.33. The van der Waals surface area contributed by atoms with Crippen LogP contribution >= 0.6 is 0 Å². The lowest BCUT2D eigenvalue weighted by Gasteiger charge is -2.23. The lowest BCUT2D eigenvalue weighted by Crippen LogP contribution is -2.26. The first-order chi connectivity index (χ1) is 14.3. The molecular formula is C19H14F3N3O5. The Morgan fingerprint density at radius 1 is 1.07 bits per heavy atom. The van der Waals surface area contributed by atoms with Gasteiger partial charge >= 0.3 is 24.0 Å². The number of carbonyl (C=O) groups is 2. The van der Waals surface area contributed by atoms with Crippen LogP contribution in [-0.4, -0.2) is 36.4 Å². The van der Waals surface area contributed by atoms with Crippen molar-refractivity contribution in [1.29, 1.82) is 0 Å². The minimum Gasteiger partial charge on any atom is -0.465 e. The first-order valence-electron chi connectivity index (χ1n) is 8.32. The van der Waals surface area contributed by atoms with Crippen molar-refractivity contribution in [2.24, 2.45) is 0 Å². The Bertz CT molecular complexity index is 1070. The molecule has 0 unspecified atom stereocenters. The van der Waals surface area contributed by atoms with E-state index in [1.807, 2.05) is 0 Å². The van der Waals surface area contributed by atoms with Gasteiger partial charge in [-0.05, 0) is 30.4 Å². The number of ether oxygens (including phenoxy) is 2. The highest BCUT2D eigenvalue weighted by Gasteiger charge is 2.38. The number of alkyl halides is 3. The standard InChI is InChI=1S/C19H14F3N3O5/c1-28-16(26)13-8-3-4-9-25(14(13)17(27)29-2)12-7-5-6-11(10-12)15-23-24-18(30-15)19(20,21)22/h3-10H,1-2H3. The molecule has 0 aliphatic carbocycles. The van der Waals surface area contributed by atoms with E-state index in [2.05, 4.69) is 10.2 Å². The van der Waals surface area contributed by atoms with Crippen molar-refractivity contribution in [3.8, 4) is 11.5 Å². The van der Waals surface area contributed by atoms with E-state index in [1.54, 1.807) is 12.1 Å². The van der Waals surface area contributed by atoms with Crippen LogP contribution in [0, 0.1) is 0 Å². The third kappa shape index (κ3) is 4.09. The second kappa shape index (κ2) is 8.23. The Kier molecular flexibility index (Phi) is 5.72. The Morgan fingerprint density at radius 2 is 1.80 bits per heavy atom. The fraction of sp³-hybridized carbons (Fsp3) is 0.158. The molecule has 0 radical (unpaired) electrons. The van der Waals surface area contributed by atoms with Gasteiger partial charge in [-0.25, -0.2) is 9.59 Å². The van der Waals surface area contributed by atoms with Crippen LogP contribution in [0.5, 0.6) is 0 Å². The first kappa shape index (κ1) is 20.8. The van der Waals surface area contributed by atoms with Gasteiger partial charge in [-0.2, -0.15) is 13.2 Å². The number of halogens is 3. The topological polar surface area (TPSA) is 94.8 Å². The summed E-state index contributed by atoms with van der Waals surface area (Å²) in [6.45, 7) is 0. The van der Waals surface area contributed by atoms with Crippen LogP contribution in [0.1, 0.15) is 5.89 Å². The molecule has 30 heavy (non-hydrogen) atoms. The number of esters is 2. The molecule has 1 aliphatic heterocycles. The van der Waals surface area contributed by atoms with Crippen molar-refractivity contribution < 1.29 is 36.7 Å². The molecule has 0 bridgehead atoms. The van der Waals surface area contributed by atoms with Gasteiger partial charge in [0.05, 0.1) is 19.8 Å². The number of hydrogen-bond acceptors (Lipinski definition) is 8. The maximum absolute atomic E-state index is 12.7. The summed E-state index contributed by atoms with van der Waals surface area (Å²) in [5, 5.41) is 6.42. The monoisotopic (exact) mass is 421 g/mol. The summed E-state index contributed by atoms with van der Waals surface area (Å²) in [5.41, 5.74) is 0.274. The fourth-order valence-electron chi connectivity index (χ4n) is 2.61. The largest absolute Gasteiger partial charge is 0.470 e. The number of nitrogens with zero attached hydrogens (tertiary/aromatic N) is 3. The number of hydrogen-bond donors (Lipinski definition) is 0. The molecule has 0 amide bonds. The second-order valence-corrected chi connectivity index (χ2v) is 5.78. The second-order valence-electron chi connectivity index (χ2n) is 5.78. The third-order valence-electron chi connectivity index (χ3n) is 3.93. The highest BCUT2D eigenvalue weighted by atomic mass is 19.4. The fourth-order valence-corrected chi connectivity index (χ4v) is 2.61. The van der Waals surface area contributed by atoms with Gasteiger partial charge in [0, 0.05) is 17.5 Å². The number of allylic oxidation sites excluding steroid dienone is 2. The molecular weight excluding hydrogens is 407 g/mol. The molecule has 2 aromatic rings. The molecule has 1 aromatic heterocycles. The summed E-state index contributed by atoms with van der Waals surface area (Å²) in [4.78, 5) is 26.0. The molecule has 1 aromatic carbocycles. The molecule has 0 fully saturated rings.